The van der Waals surface area contributed by atoms with Crippen LogP contribution in [0.25, 0.3) is 10.9 Å². The zero-order valence-corrected chi connectivity index (χ0v) is 17.4. The van der Waals surface area contributed by atoms with E-state index in [2.05, 4.69) is 10.3 Å². The van der Waals surface area contributed by atoms with Gasteiger partial charge in [0.15, 0.2) is 11.5 Å². The summed E-state index contributed by atoms with van der Waals surface area (Å²) in [5.41, 5.74) is 2.12. The third-order valence-electron chi connectivity index (χ3n) is 4.65. The molecule has 0 aliphatic carbocycles. The van der Waals surface area contributed by atoms with Gasteiger partial charge in [0.1, 0.15) is 11.4 Å². The number of methoxy groups -OCH3 is 3. The van der Waals surface area contributed by atoms with Gasteiger partial charge in [0.2, 0.25) is 0 Å². The molecule has 1 atom stereocenters. The molecule has 6 nitrogen and oxygen atoms in total. The van der Waals surface area contributed by atoms with Crippen LogP contribution in [0, 0.1) is 0 Å². The predicted molar refractivity (Wildman–Crippen MR) is 112 cm³/mol. The average Bonchev–Trinajstić information content (AvgIpc) is 3.17. The number of nitrogens with one attached hydrogen (secondary N) is 2. The first kappa shape index (κ1) is 19.9. The minimum atomic E-state index is -0.208. The van der Waals surface area contributed by atoms with Gasteiger partial charge in [0.05, 0.1) is 32.9 Å². The third-order valence-corrected chi connectivity index (χ3v) is 5.39. The van der Waals surface area contributed by atoms with E-state index in [9.17, 15) is 4.79 Å². The first-order valence-electron chi connectivity index (χ1n) is 8.78. The predicted octanol–water partition coefficient (Wildman–Crippen LogP) is 4.41. The standard InChI is InChI=1S/C21H24N2O4S/c1-12(13-6-8-14(28-5)9-7-13)22-21(24)16-10-15-17(25-2)11-18(26-3)20(27-4)19(15)23-16/h6-12,23H,1-5H3,(H,22,24). The number of hydrogen-bond donors (Lipinski definition) is 2. The number of benzene rings is 2. The van der Waals surface area contributed by atoms with Crippen molar-refractivity contribution < 1.29 is 19.0 Å². The Labute approximate surface area is 168 Å². The maximum Gasteiger partial charge on any atom is 0.268 e. The summed E-state index contributed by atoms with van der Waals surface area (Å²) in [6, 6.07) is 11.5. The molecule has 2 aromatic carbocycles. The highest BCUT2D eigenvalue weighted by Gasteiger charge is 2.20. The van der Waals surface area contributed by atoms with Gasteiger partial charge < -0.3 is 24.5 Å². The molecule has 1 aromatic heterocycles. The average molecular weight is 401 g/mol. The normalized spacial score (nSPS) is 11.9. The van der Waals surface area contributed by atoms with Crippen LogP contribution >= 0.6 is 11.8 Å². The van der Waals surface area contributed by atoms with Gasteiger partial charge in [-0.1, -0.05) is 12.1 Å². The van der Waals surface area contributed by atoms with Crippen molar-refractivity contribution in [2.45, 2.75) is 17.9 Å². The lowest BCUT2D eigenvalue weighted by Crippen LogP contribution is -2.26. The second-order valence-corrected chi connectivity index (χ2v) is 7.13. The van der Waals surface area contributed by atoms with Crippen LogP contribution in [0.3, 0.4) is 0 Å². The number of carbonyl (C=O) groups is 1. The number of aromatic nitrogens is 1. The minimum Gasteiger partial charge on any atom is -0.496 e. The van der Waals surface area contributed by atoms with Crippen LogP contribution in [-0.4, -0.2) is 38.5 Å². The molecule has 3 rings (SSSR count). The fourth-order valence-electron chi connectivity index (χ4n) is 3.11. The zero-order valence-electron chi connectivity index (χ0n) is 16.6. The molecular weight excluding hydrogens is 376 g/mol. The molecule has 0 aliphatic heterocycles. The minimum absolute atomic E-state index is 0.131. The number of hydrogen-bond acceptors (Lipinski definition) is 5. The monoisotopic (exact) mass is 400 g/mol. The van der Waals surface area contributed by atoms with Crippen LogP contribution in [0.4, 0.5) is 0 Å². The molecule has 0 aliphatic rings. The maximum absolute atomic E-state index is 12.8. The van der Waals surface area contributed by atoms with Gasteiger partial charge in [0.25, 0.3) is 5.91 Å². The smallest absolute Gasteiger partial charge is 0.268 e. The second kappa shape index (κ2) is 8.48. The lowest BCUT2D eigenvalue weighted by atomic mass is 10.1. The highest BCUT2D eigenvalue weighted by Crippen LogP contribution is 2.41. The summed E-state index contributed by atoms with van der Waals surface area (Å²) in [4.78, 5) is 17.1. The van der Waals surface area contributed by atoms with Crippen molar-refractivity contribution in [3.8, 4) is 17.2 Å². The molecule has 2 N–H and O–H groups in total. The SMILES string of the molecule is COc1cc(OC)c2cc(C(=O)NC(C)c3ccc(SC)cc3)[nH]c2c1OC. The van der Waals surface area contributed by atoms with Crippen LogP contribution < -0.4 is 19.5 Å². The number of thioether (sulfide) groups is 1. The Morgan fingerprint density at radius 2 is 1.71 bits per heavy atom. The van der Waals surface area contributed by atoms with E-state index in [0.29, 0.717) is 28.5 Å². The molecule has 7 heteroatoms. The van der Waals surface area contributed by atoms with Gasteiger partial charge in [-0.3, -0.25) is 4.79 Å². The van der Waals surface area contributed by atoms with E-state index in [-0.39, 0.29) is 11.9 Å². The number of aromatic amines is 1. The van der Waals surface area contributed by atoms with Crippen LogP contribution in [0.2, 0.25) is 0 Å². The lowest BCUT2D eigenvalue weighted by molar-refractivity contribution is 0.0935. The number of amides is 1. The largest absolute Gasteiger partial charge is 0.496 e. The first-order valence-corrected chi connectivity index (χ1v) is 10.0. The number of carbonyl (C=O) groups excluding carboxylic acids is 1. The van der Waals surface area contributed by atoms with E-state index >= 15 is 0 Å². The lowest BCUT2D eigenvalue weighted by Gasteiger charge is -2.14. The molecule has 1 unspecified atom stereocenters. The van der Waals surface area contributed by atoms with E-state index in [1.165, 1.54) is 4.90 Å². The van der Waals surface area contributed by atoms with Gasteiger partial charge in [-0.05, 0) is 36.9 Å². The van der Waals surface area contributed by atoms with Crippen molar-refractivity contribution in [2.24, 2.45) is 0 Å². The summed E-state index contributed by atoms with van der Waals surface area (Å²) < 4.78 is 16.3. The quantitative estimate of drug-likeness (QED) is 0.575. The van der Waals surface area contributed by atoms with Crippen molar-refractivity contribution in [3.63, 3.8) is 0 Å². The fourth-order valence-corrected chi connectivity index (χ4v) is 3.52. The van der Waals surface area contributed by atoms with Crippen LogP contribution in [-0.2, 0) is 0 Å². The van der Waals surface area contributed by atoms with E-state index in [4.69, 9.17) is 14.2 Å². The Bertz CT molecular complexity index is 982. The summed E-state index contributed by atoms with van der Waals surface area (Å²) in [6.07, 6.45) is 2.04. The number of H-pyrrole nitrogens is 1. The molecule has 1 heterocycles. The zero-order chi connectivity index (χ0) is 20.3. The van der Waals surface area contributed by atoms with E-state index < -0.39 is 0 Å². The molecule has 148 valence electrons. The first-order chi connectivity index (χ1) is 13.5. The number of ether oxygens (including phenoxy) is 3. The van der Waals surface area contributed by atoms with Gasteiger partial charge >= 0.3 is 0 Å². The van der Waals surface area contributed by atoms with Crippen molar-refractivity contribution >= 4 is 28.6 Å². The van der Waals surface area contributed by atoms with Crippen molar-refractivity contribution in [1.29, 1.82) is 0 Å². The molecule has 3 aromatic rings. The van der Waals surface area contributed by atoms with Gasteiger partial charge in [-0.25, -0.2) is 0 Å². The van der Waals surface area contributed by atoms with Crippen LogP contribution in [0.15, 0.2) is 41.3 Å². The molecule has 0 radical (unpaired) electrons. The van der Waals surface area contributed by atoms with Crippen molar-refractivity contribution in [1.82, 2.24) is 10.3 Å². The van der Waals surface area contributed by atoms with Crippen molar-refractivity contribution in [2.75, 3.05) is 27.6 Å². The Hall–Kier alpha value is -2.80. The molecule has 0 bridgehead atoms. The van der Waals surface area contributed by atoms with Gasteiger partial charge in [-0.15, -0.1) is 11.8 Å². The second-order valence-electron chi connectivity index (χ2n) is 6.25. The Morgan fingerprint density at radius 1 is 1.04 bits per heavy atom. The van der Waals surface area contributed by atoms with Crippen molar-refractivity contribution in [3.05, 3.63) is 47.7 Å². The highest BCUT2D eigenvalue weighted by atomic mass is 32.2. The van der Waals surface area contributed by atoms with E-state index in [1.807, 2.05) is 37.4 Å². The summed E-state index contributed by atoms with van der Waals surface area (Å²) in [5, 5.41) is 3.78. The molecule has 1 amide bonds. The van der Waals surface area contributed by atoms with E-state index in [1.54, 1.807) is 45.2 Å². The number of fused-ring (bicyclic) bond motifs is 1. The Balaban J connectivity index is 1.90. The summed E-state index contributed by atoms with van der Waals surface area (Å²) in [7, 11) is 4.70. The topological polar surface area (TPSA) is 72.6 Å². The molecular formula is C21H24N2O4S. The van der Waals surface area contributed by atoms with Gasteiger partial charge in [-0.2, -0.15) is 0 Å². The van der Waals surface area contributed by atoms with Crippen LogP contribution in [0.5, 0.6) is 17.2 Å². The molecule has 0 saturated heterocycles. The molecule has 0 fully saturated rings. The summed E-state index contributed by atoms with van der Waals surface area (Å²) in [6.45, 7) is 1.96. The Kier molecular flexibility index (Phi) is 6.04. The van der Waals surface area contributed by atoms with Crippen LogP contribution in [0.1, 0.15) is 29.0 Å². The summed E-state index contributed by atoms with van der Waals surface area (Å²) in [5.74, 6) is 1.45. The molecule has 28 heavy (non-hydrogen) atoms. The van der Waals surface area contributed by atoms with E-state index in [0.717, 1.165) is 10.9 Å². The molecule has 0 spiro atoms. The number of rotatable bonds is 7. The highest BCUT2D eigenvalue weighted by molar-refractivity contribution is 7.98. The summed E-state index contributed by atoms with van der Waals surface area (Å²) >= 11 is 1.69. The van der Waals surface area contributed by atoms with Gasteiger partial charge in [0, 0.05) is 16.3 Å². The molecule has 0 saturated carbocycles. The third kappa shape index (κ3) is 3.75. The fraction of sp³-hybridized carbons (Fsp3) is 0.286. The maximum atomic E-state index is 12.8. The Morgan fingerprint density at radius 3 is 2.29 bits per heavy atom.